The van der Waals surface area contributed by atoms with Crippen LogP contribution in [0.2, 0.25) is 0 Å². The molecule has 106 valence electrons. The third kappa shape index (κ3) is 2.61. The zero-order chi connectivity index (χ0) is 14.3. The number of fused-ring (bicyclic) bond motifs is 1. The third-order valence-electron chi connectivity index (χ3n) is 3.58. The fraction of sp³-hybridized carbons (Fsp3) is 0.500. The fourth-order valence-electron chi connectivity index (χ4n) is 2.89. The van der Waals surface area contributed by atoms with E-state index in [1.807, 2.05) is 12.3 Å². The van der Waals surface area contributed by atoms with Crippen molar-refractivity contribution < 1.29 is 4.74 Å². The summed E-state index contributed by atoms with van der Waals surface area (Å²) in [6.07, 6.45) is 2.07. The topological polar surface area (TPSA) is 38.2 Å². The van der Waals surface area contributed by atoms with Crippen LogP contribution in [0.25, 0.3) is 11.0 Å². The Morgan fingerprint density at radius 2 is 2.10 bits per heavy atom. The maximum atomic E-state index is 5.94. The van der Waals surface area contributed by atoms with Crippen molar-refractivity contribution in [3.05, 3.63) is 30.0 Å². The van der Waals surface area contributed by atoms with Gasteiger partial charge >= 0.3 is 0 Å². The molecule has 0 N–H and O–H groups in total. The van der Waals surface area contributed by atoms with Crippen LogP contribution in [0.1, 0.15) is 26.3 Å². The Hall–Kier alpha value is -1.68. The van der Waals surface area contributed by atoms with Gasteiger partial charge in [0, 0.05) is 13.1 Å². The van der Waals surface area contributed by atoms with E-state index in [2.05, 4.69) is 49.7 Å². The van der Waals surface area contributed by atoms with Crippen molar-refractivity contribution in [2.24, 2.45) is 0 Å². The first-order valence-corrected chi connectivity index (χ1v) is 7.09. The first-order chi connectivity index (χ1) is 9.43. The van der Waals surface area contributed by atoms with Crippen LogP contribution in [0.4, 0.5) is 5.82 Å². The van der Waals surface area contributed by atoms with E-state index < -0.39 is 0 Å². The molecule has 0 amide bonds. The van der Waals surface area contributed by atoms with Gasteiger partial charge in [-0.2, -0.15) is 0 Å². The smallest absolute Gasteiger partial charge is 0.148 e. The molecule has 1 saturated heterocycles. The zero-order valence-electron chi connectivity index (χ0n) is 12.6. The van der Waals surface area contributed by atoms with Crippen LogP contribution in [0, 0.1) is 6.92 Å². The molecular weight excluding hydrogens is 250 g/mol. The van der Waals surface area contributed by atoms with Gasteiger partial charge in [0.25, 0.3) is 0 Å². The molecule has 0 aliphatic carbocycles. The summed E-state index contributed by atoms with van der Waals surface area (Å²) in [6, 6.07) is 6.17. The number of benzene rings is 1. The van der Waals surface area contributed by atoms with Crippen molar-refractivity contribution in [3.63, 3.8) is 0 Å². The van der Waals surface area contributed by atoms with Crippen LogP contribution in [0.15, 0.2) is 24.4 Å². The molecular formula is C16H21N3O. The molecule has 1 unspecified atom stereocenters. The number of hydrogen-bond donors (Lipinski definition) is 0. The molecule has 1 aliphatic heterocycles. The van der Waals surface area contributed by atoms with Crippen LogP contribution in [0.5, 0.6) is 0 Å². The molecule has 1 aromatic heterocycles. The van der Waals surface area contributed by atoms with E-state index in [-0.39, 0.29) is 11.7 Å². The lowest BCUT2D eigenvalue weighted by Gasteiger charge is -2.42. The van der Waals surface area contributed by atoms with Crippen molar-refractivity contribution in [3.8, 4) is 0 Å². The highest BCUT2D eigenvalue weighted by atomic mass is 16.5. The Balaban J connectivity index is 1.97. The Morgan fingerprint density at radius 1 is 1.30 bits per heavy atom. The Kier molecular flexibility index (Phi) is 3.13. The summed E-state index contributed by atoms with van der Waals surface area (Å²) in [6.45, 7) is 10.1. The predicted octanol–water partition coefficient (Wildman–Crippen LogP) is 2.94. The van der Waals surface area contributed by atoms with Crippen LogP contribution in [-0.2, 0) is 4.74 Å². The first-order valence-electron chi connectivity index (χ1n) is 7.09. The van der Waals surface area contributed by atoms with Gasteiger partial charge in [-0.3, -0.25) is 4.98 Å². The SMILES string of the molecule is Cc1ccc2ncc(N3CC(C)OC(C)(C)C3)nc2c1. The minimum Gasteiger partial charge on any atom is -0.369 e. The second-order valence-electron chi connectivity index (χ2n) is 6.29. The summed E-state index contributed by atoms with van der Waals surface area (Å²) in [4.78, 5) is 11.6. The highest BCUT2D eigenvalue weighted by Crippen LogP contribution is 2.25. The molecule has 0 spiro atoms. The van der Waals surface area contributed by atoms with Gasteiger partial charge in [0.1, 0.15) is 5.82 Å². The lowest BCUT2D eigenvalue weighted by molar-refractivity contribution is -0.0751. The van der Waals surface area contributed by atoms with Crippen molar-refractivity contribution in [2.45, 2.75) is 39.4 Å². The van der Waals surface area contributed by atoms with Crippen molar-refractivity contribution in [1.82, 2.24) is 9.97 Å². The van der Waals surface area contributed by atoms with Gasteiger partial charge in [0.15, 0.2) is 0 Å². The van der Waals surface area contributed by atoms with E-state index in [0.29, 0.717) is 0 Å². The number of hydrogen-bond acceptors (Lipinski definition) is 4. The van der Waals surface area contributed by atoms with Crippen LogP contribution in [0.3, 0.4) is 0 Å². The Labute approximate surface area is 119 Å². The molecule has 20 heavy (non-hydrogen) atoms. The quantitative estimate of drug-likeness (QED) is 0.799. The Morgan fingerprint density at radius 3 is 2.85 bits per heavy atom. The minimum atomic E-state index is -0.152. The highest BCUT2D eigenvalue weighted by Gasteiger charge is 2.32. The summed E-state index contributed by atoms with van der Waals surface area (Å²) in [5, 5.41) is 0. The van der Waals surface area contributed by atoms with E-state index in [0.717, 1.165) is 29.9 Å². The van der Waals surface area contributed by atoms with Gasteiger partial charge in [0.05, 0.1) is 28.9 Å². The van der Waals surface area contributed by atoms with E-state index in [1.165, 1.54) is 5.56 Å². The third-order valence-corrected chi connectivity index (χ3v) is 3.58. The number of aromatic nitrogens is 2. The molecule has 2 aromatic rings. The van der Waals surface area contributed by atoms with Gasteiger partial charge in [-0.1, -0.05) is 6.07 Å². The summed E-state index contributed by atoms with van der Waals surface area (Å²) in [5.74, 6) is 0.936. The molecule has 1 atom stereocenters. The molecule has 1 aromatic carbocycles. The molecule has 0 saturated carbocycles. The van der Waals surface area contributed by atoms with Crippen molar-refractivity contribution in [1.29, 1.82) is 0 Å². The first kappa shape index (κ1) is 13.3. The average Bonchev–Trinajstić information content (AvgIpc) is 2.35. The van der Waals surface area contributed by atoms with E-state index in [1.54, 1.807) is 0 Å². The second-order valence-corrected chi connectivity index (χ2v) is 6.29. The average molecular weight is 271 g/mol. The number of aryl methyl sites for hydroxylation is 1. The molecule has 1 aliphatic rings. The van der Waals surface area contributed by atoms with Gasteiger partial charge < -0.3 is 9.64 Å². The summed E-state index contributed by atoms with van der Waals surface area (Å²) >= 11 is 0. The fourth-order valence-corrected chi connectivity index (χ4v) is 2.89. The maximum Gasteiger partial charge on any atom is 0.148 e. The number of anilines is 1. The molecule has 0 bridgehead atoms. The number of morpholine rings is 1. The van der Waals surface area contributed by atoms with Crippen molar-refractivity contribution >= 4 is 16.9 Å². The van der Waals surface area contributed by atoms with Gasteiger partial charge in [-0.25, -0.2) is 4.98 Å². The molecule has 0 radical (unpaired) electrons. The second kappa shape index (κ2) is 4.70. The standard InChI is InChI=1S/C16H21N3O/c1-11-5-6-13-14(7-11)18-15(8-17-13)19-9-12(2)20-16(3,4)10-19/h5-8,12H,9-10H2,1-4H3. The summed E-state index contributed by atoms with van der Waals surface area (Å²) in [7, 11) is 0. The molecule has 4 nitrogen and oxygen atoms in total. The molecule has 4 heteroatoms. The van der Waals surface area contributed by atoms with Gasteiger partial charge in [-0.15, -0.1) is 0 Å². The lowest BCUT2D eigenvalue weighted by Crippen LogP contribution is -2.52. The lowest BCUT2D eigenvalue weighted by atomic mass is 10.1. The van der Waals surface area contributed by atoms with Crippen LogP contribution in [-0.4, -0.2) is 34.8 Å². The molecule has 1 fully saturated rings. The normalized spacial score (nSPS) is 22.2. The number of rotatable bonds is 1. The largest absolute Gasteiger partial charge is 0.369 e. The van der Waals surface area contributed by atoms with Crippen LogP contribution < -0.4 is 4.90 Å². The zero-order valence-corrected chi connectivity index (χ0v) is 12.6. The molecule has 2 heterocycles. The summed E-state index contributed by atoms with van der Waals surface area (Å²) in [5.41, 5.74) is 2.96. The number of nitrogens with zero attached hydrogens (tertiary/aromatic N) is 3. The van der Waals surface area contributed by atoms with Crippen molar-refractivity contribution in [2.75, 3.05) is 18.0 Å². The maximum absolute atomic E-state index is 5.94. The summed E-state index contributed by atoms with van der Waals surface area (Å²) < 4.78 is 5.94. The Bertz CT molecular complexity index is 639. The number of ether oxygens (including phenoxy) is 1. The minimum absolute atomic E-state index is 0.152. The van der Waals surface area contributed by atoms with Crippen LogP contribution >= 0.6 is 0 Å². The van der Waals surface area contributed by atoms with E-state index >= 15 is 0 Å². The monoisotopic (exact) mass is 271 g/mol. The van der Waals surface area contributed by atoms with E-state index in [9.17, 15) is 0 Å². The predicted molar refractivity (Wildman–Crippen MR) is 81.1 cm³/mol. The van der Waals surface area contributed by atoms with Gasteiger partial charge in [0.2, 0.25) is 0 Å². The highest BCUT2D eigenvalue weighted by molar-refractivity contribution is 5.76. The van der Waals surface area contributed by atoms with E-state index in [4.69, 9.17) is 9.72 Å². The van der Waals surface area contributed by atoms with Gasteiger partial charge in [-0.05, 0) is 45.4 Å². The molecule has 3 rings (SSSR count).